The van der Waals surface area contributed by atoms with E-state index in [0.717, 1.165) is 0 Å². The molecule has 1 aromatic carbocycles. The highest BCUT2D eigenvalue weighted by atomic mass is 16.6. The molecule has 0 spiro atoms. The maximum atomic E-state index is 12.2. The maximum absolute atomic E-state index is 12.2. The molecule has 116 valence electrons. The monoisotopic (exact) mass is 302 g/mol. The lowest BCUT2D eigenvalue weighted by Crippen LogP contribution is -2.47. The van der Waals surface area contributed by atoms with Gasteiger partial charge < -0.3 is 14.6 Å². The molecule has 0 amide bonds. The Balaban J connectivity index is 1.80. The van der Waals surface area contributed by atoms with Crippen molar-refractivity contribution in [3.05, 3.63) is 48.6 Å². The van der Waals surface area contributed by atoms with E-state index in [0.29, 0.717) is 12.0 Å². The molecule has 1 aliphatic carbocycles. The quantitative estimate of drug-likeness (QED) is 0.679. The fourth-order valence-electron chi connectivity index (χ4n) is 3.28. The van der Waals surface area contributed by atoms with Gasteiger partial charge in [0.1, 0.15) is 12.2 Å². The Hall–Kier alpha value is -2.14. The van der Waals surface area contributed by atoms with E-state index in [4.69, 9.17) is 9.47 Å². The van der Waals surface area contributed by atoms with Crippen LogP contribution in [0.3, 0.4) is 0 Å². The van der Waals surface area contributed by atoms with E-state index in [1.54, 1.807) is 30.3 Å². The molecule has 2 bridgehead atoms. The van der Waals surface area contributed by atoms with Crippen molar-refractivity contribution in [2.24, 2.45) is 5.92 Å². The SMILES string of the molecule is C=CCC1CC2(O)CC(OC2=O)C1OC(=O)c1ccccc1. The van der Waals surface area contributed by atoms with Gasteiger partial charge in [0.15, 0.2) is 5.60 Å². The van der Waals surface area contributed by atoms with E-state index < -0.39 is 29.7 Å². The van der Waals surface area contributed by atoms with Crippen LogP contribution in [0.1, 0.15) is 29.6 Å². The molecule has 1 saturated heterocycles. The smallest absolute Gasteiger partial charge is 0.338 e. The number of esters is 2. The van der Waals surface area contributed by atoms with Crippen LogP contribution in [0.2, 0.25) is 0 Å². The van der Waals surface area contributed by atoms with Gasteiger partial charge in [-0.25, -0.2) is 9.59 Å². The van der Waals surface area contributed by atoms with Gasteiger partial charge in [0.25, 0.3) is 0 Å². The predicted molar refractivity (Wildman–Crippen MR) is 78.0 cm³/mol. The van der Waals surface area contributed by atoms with E-state index in [2.05, 4.69) is 6.58 Å². The Morgan fingerprint density at radius 1 is 1.41 bits per heavy atom. The zero-order chi connectivity index (χ0) is 15.7. The van der Waals surface area contributed by atoms with Crippen molar-refractivity contribution in [3.63, 3.8) is 0 Å². The van der Waals surface area contributed by atoms with Gasteiger partial charge in [-0.15, -0.1) is 6.58 Å². The number of ether oxygens (including phenoxy) is 2. The first kappa shape index (κ1) is 14.8. The average molecular weight is 302 g/mol. The Bertz CT molecular complexity index is 596. The van der Waals surface area contributed by atoms with Gasteiger partial charge in [-0.2, -0.15) is 0 Å². The summed E-state index contributed by atoms with van der Waals surface area (Å²) in [7, 11) is 0. The van der Waals surface area contributed by atoms with Gasteiger partial charge in [-0.3, -0.25) is 0 Å². The third kappa shape index (κ3) is 2.52. The first-order chi connectivity index (χ1) is 10.5. The van der Waals surface area contributed by atoms with Gasteiger partial charge in [0.05, 0.1) is 5.56 Å². The van der Waals surface area contributed by atoms with E-state index in [9.17, 15) is 14.7 Å². The summed E-state index contributed by atoms with van der Waals surface area (Å²) in [4.78, 5) is 24.0. The molecule has 0 radical (unpaired) electrons. The number of fused-ring (bicyclic) bond motifs is 2. The van der Waals surface area contributed by atoms with Crippen LogP contribution in [-0.2, 0) is 14.3 Å². The minimum absolute atomic E-state index is 0.173. The van der Waals surface area contributed by atoms with Crippen LogP contribution in [0.25, 0.3) is 0 Å². The van der Waals surface area contributed by atoms with Crippen molar-refractivity contribution in [2.75, 3.05) is 0 Å². The molecule has 2 fully saturated rings. The zero-order valence-corrected chi connectivity index (χ0v) is 12.1. The number of hydrogen-bond donors (Lipinski definition) is 1. The fourth-order valence-corrected chi connectivity index (χ4v) is 3.28. The first-order valence-electron chi connectivity index (χ1n) is 7.34. The molecule has 4 atom stereocenters. The molecule has 2 aliphatic rings. The summed E-state index contributed by atoms with van der Waals surface area (Å²) in [5.41, 5.74) is -1.00. The molecule has 0 aromatic heterocycles. The lowest BCUT2D eigenvalue weighted by atomic mass is 9.75. The summed E-state index contributed by atoms with van der Waals surface area (Å²) in [6.45, 7) is 3.69. The van der Waals surface area contributed by atoms with Gasteiger partial charge >= 0.3 is 11.9 Å². The van der Waals surface area contributed by atoms with Crippen molar-refractivity contribution in [1.29, 1.82) is 0 Å². The average Bonchev–Trinajstić information content (AvgIpc) is 2.75. The van der Waals surface area contributed by atoms with Crippen molar-refractivity contribution in [1.82, 2.24) is 0 Å². The topological polar surface area (TPSA) is 72.8 Å². The number of aliphatic hydroxyl groups is 1. The van der Waals surface area contributed by atoms with E-state index >= 15 is 0 Å². The molecule has 1 N–H and O–H groups in total. The highest BCUT2D eigenvalue weighted by Crippen LogP contribution is 2.43. The molecule has 1 saturated carbocycles. The maximum Gasteiger partial charge on any atom is 0.338 e. The van der Waals surface area contributed by atoms with Crippen molar-refractivity contribution in [3.8, 4) is 0 Å². The molecule has 1 aromatic rings. The molecule has 22 heavy (non-hydrogen) atoms. The van der Waals surface area contributed by atoms with Crippen LogP contribution >= 0.6 is 0 Å². The lowest BCUT2D eigenvalue weighted by Gasteiger charge is -2.35. The summed E-state index contributed by atoms with van der Waals surface area (Å²) in [5, 5.41) is 10.3. The molecular formula is C17H18O5. The van der Waals surface area contributed by atoms with Gasteiger partial charge in [0.2, 0.25) is 0 Å². The van der Waals surface area contributed by atoms with E-state index in [-0.39, 0.29) is 18.8 Å². The van der Waals surface area contributed by atoms with Crippen LogP contribution in [-0.4, -0.2) is 34.9 Å². The van der Waals surface area contributed by atoms with Gasteiger partial charge in [0, 0.05) is 12.3 Å². The summed E-state index contributed by atoms with van der Waals surface area (Å²) in [5.74, 6) is -1.25. The highest BCUT2D eigenvalue weighted by Gasteiger charge is 2.58. The van der Waals surface area contributed by atoms with Crippen molar-refractivity contribution < 1.29 is 24.2 Å². The number of benzene rings is 1. The Labute approximate surface area is 128 Å². The summed E-state index contributed by atoms with van der Waals surface area (Å²) in [6, 6.07) is 8.67. The second kappa shape index (κ2) is 5.57. The Morgan fingerprint density at radius 2 is 2.14 bits per heavy atom. The Kier molecular flexibility index (Phi) is 3.74. The second-order valence-electron chi connectivity index (χ2n) is 5.90. The number of rotatable bonds is 4. The van der Waals surface area contributed by atoms with E-state index in [1.807, 2.05) is 6.07 Å². The zero-order valence-electron chi connectivity index (χ0n) is 12.1. The predicted octanol–water partition coefficient (Wildman–Crippen LogP) is 1.85. The summed E-state index contributed by atoms with van der Waals surface area (Å²) < 4.78 is 10.8. The third-order valence-corrected chi connectivity index (χ3v) is 4.33. The summed E-state index contributed by atoms with van der Waals surface area (Å²) in [6.07, 6.45) is 1.49. The number of carbonyl (C=O) groups excluding carboxylic acids is 2. The normalized spacial score (nSPS) is 33.1. The molecular weight excluding hydrogens is 284 g/mol. The van der Waals surface area contributed by atoms with Crippen LogP contribution in [0, 0.1) is 5.92 Å². The standard InChI is InChI=1S/C17H18O5/c1-2-6-12-9-17(20)10-13(21-16(17)19)14(12)22-15(18)11-7-4-3-5-8-11/h2-5,7-8,12-14,20H,1,6,9-10H2. The van der Waals surface area contributed by atoms with Gasteiger partial charge in [-0.1, -0.05) is 24.3 Å². The molecule has 4 unspecified atom stereocenters. The Morgan fingerprint density at radius 3 is 2.82 bits per heavy atom. The minimum atomic E-state index is -1.45. The van der Waals surface area contributed by atoms with Gasteiger partial charge in [-0.05, 0) is 25.0 Å². The summed E-state index contributed by atoms with van der Waals surface area (Å²) >= 11 is 0. The number of allylic oxidation sites excluding steroid dienone is 1. The minimum Gasteiger partial charge on any atom is -0.456 e. The fraction of sp³-hybridized carbons (Fsp3) is 0.412. The highest BCUT2D eigenvalue weighted by molar-refractivity contribution is 5.89. The number of hydrogen-bond acceptors (Lipinski definition) is 5. The van der Waals surface area contributed by atoms with E-state index in [1.165, 1.54) is 0 Å². The lowest BCUT2D eigenvalue weighted by molar-refractivity contribution is -0.154. The second-order valence-corrected chi connectivity index (χ2v) is 5.90. The van der Waals surface area contributed by atoms with Crippen molar-refractivity contribution >= 4 is 11.9 Å². The molecule has 1 heterocycles. The molecule has 5 heteroatoms. The van der Waals surface area contributed by atoms with Crippen LogP contribution in [0.15, 0.2) is 43.0 Å². The largest absolute Gasteiger partial charge is 0.456 e. The molecule has 1 aliphatic heterocycles. The third-order valence-electron chi connectivity index (χ3n) is 4.33. The molecule has 3 rings (SSSR count). The molecule has 5 nitrogen and oxygen atoms in total. The van der Waals surface area contributed by atoms with Crippen LogP contribution < -0.4 is 0 Å². The first-order valence-corrected chi connectivity index (χ1v) is 7.34. The van der Waals surface area contributed by atoms with Crippen LogP contribution in [0.5, 0.6) is 0 Å². The van der Waals surface area contributed by atoms with Crippen molar-refractivity contribution in [2.45, 2.75) is 37.1 Å². The number of carbonyl (C=O) groups is 2. The van der Waals surface area contributed by atoms with Crippen LogP contribution in [0.4, 0.5) is 0 Å².